The summed E-state index contributed by atoms with van der Waals surface area (Å²) in [5, 5.41) is 38.0. The molecular weight excluding hydrogens is 769 g/mol. The van der Waals surface area contributed by atoms with Gasteiger partial charge in [-0.1, -0.05) is 143 Å². The normalized spacial score (nSPS) is 15.5. The molecule has 6 heteroatoms. The van der Waals surface area contributed by atoms with Crippen LogP contribution in [0.25, 0.3) is 66.1 Å². The van der Waals surface area contributed by atoms with E-state index in [1.807, 2.05) is 12.1 Å². The van der Waals surface area contributed by atoms with Crippen molar-refractivity contribution in [3.05, 3.63) is 191 Å². The Morgan fingerprint density at radius 2 is 1.02 bits per heavy atom. The quantitative estimate of drug-likeness (QED) is 0.167. The highest BCUT2D eigenvalue weighted by atomic mass is 15.2. The average Bonchev–Trinajstić information content (AvgIpc) is 3.95. The van der Waals surface area contributed by atoms with Crippen LogP contribution in [0.15, 0.2) is 163 Å². The molecule has 300 valence electrons. The van der Waals surface area contributed by atoms with Crippen LogP contribution in [0, 0.1) is 39.9 Å². The molecule has 3 heterocycles. The van der Waals surface area contributed by atoms with E-state index in [0.29, 0.717) is 51.0 Å². The number of para-hydroxylation sites is 4. The molecule has 0 bridgehead atoms. The summed E-state index contributed by atoms with van der Waals surface area (Å²) in [5.41, 5.74) is 13.2. The molecule has 0 N–H and O–H groups in total. The zero-order valence-corrected chi connectivity index (χ0v) is 35.5. The second-order valence-electron chi connectivity index (χ2n) is 17.4. The first kappa shape index (κ1) is 37.9. The lowest BCUT2D eigenvalue weighted by Gasteiger charge is -2.35. The van der Waals surface area contributed by atoms with Crippen molar-refractivity contribution in [3.8, 4) is 40.7 Å². The van der Waals surface area contributed by atoms with Crippen LogP contribution in [-0.2, 0) is 0 Å². The third-order valence-corrected chi connectivity index (χ3v) is 13.3. The van der Waals surface area contributed by atoms with Crippen molar-refractivity contribution in [1.82, 2.24) is 9.13 Å². The summed E-state index contributed by atoms with van der Waals surface area (Å²) in [6, 6.07) is 55.3. The number of fused-ring (bicyclic) bond motifs is 9. The first-order valence-corrected chi connectivity index (χ1v) is 21.7. The number of aromatic nitrogens is 2. The van der Waals surface area contributed by atoms with Gasteiger partial charge in [0, 0.05) is 38.7 Å². The van der Waals surface area contributed by atoms with E-state index in [4.69, 9.17) is 0 Å². The fraction of sp³-hybridized carbons (Fsp3) is 0.140. The Balaban J connectivity index is 1.42. The van der Waals surface area contributed by atoms with Gasteiger partial charge in [0.1, 0.15) is 12.1 Å². The molecule has 2 unspecified atom stereocenters. The molecule has 6 nitrogen and oxygen atoms in total. The topological polar surface area (TPSA) is 84.5 Å². The van der Waals surface area contributed by atoms with Gasteiger partial charge in [-0.2, -0.15) is 15.8 Å². The molecule has 2 aliphatic rings. The fourth-order valence-corrected chi connectivity index (χ4v) is 10.4. The predicted molar refractivity (Wildman–Crippen MR) is 256 cm³/mol. The Hall–Kier alpha value is -8.11. The molecule has 7 aromatic carbocycles. The molecule has 63 heavy (non-hydrogen) atoms. The molecule has 2 atom stereocenters. The molecule has 0 radical (unpaired) electrons. The predicted octanol–water partition coefficient (Wildman–Crippen LogP) is 14.0. The molecule has 11 rings (SSSR count). The van der Waals surface area contributed by atoms with Crippen LogP contribution in [-0.4, -0.2) is 15.2 Å². The summed E-state index contributed by atoms with van der Waals surface area (Å²) in [6.45, 7) is 8.97. The highest BCUT2D eigenvalue weighted by Crippen LogP contribution is 2.56. The van der Waals surface area contributed by atoms with Gasteiger partial charge in [-0.05, 0) is 76.6 Å². The Bertz CT molecular complexity index is 3310. The van der Waals surface area contributed by atoms with Gasteiger partial charge in [-0.3, -0.25) is 0 Å². The van der Waals surface area contributed by atoms with Crippen LogP contribution in [0.2, 0.25) is 0 Å². The number of hydrogen-bond acceptors (Lipinski definition) is 4. The van der Waals surface area contributed by atoms with Crippen molar-refractivity contribution in [3.63, 3.8) is 0 Å². The Labute approximate surface area is 366 Å². The van der Waals surface area contributed by atoms with Crippen LogP contribution in [0.1, 0.15) is 67.3 Å². The average molecular weight is 811 g/mol. The summed E-state index contributed by atoms with van der Waals surface area (Å²) >= 11 is 0. The second kappa shape index (κ2) is 14.5. The summed E-state index contributed by atoms with van der Waals surface area (Å²) in [4.78, 5) is 2.44. The third kappa shape index (κ3) is 5.54. The van der Waals surface area contributed by atoms with Crippen LogP contribution in [0.5, 0.6) is 0 Å². The lowest BCUT2D eigenvalue weighted by molar-refractivity contribution is 0.700. The maximum Gasteiger partial charge on any atom is 0.102 e. The van der Waals surface area contributed by atoms with E-state index in [0.717, 1.165) is 55.0 Å². The van der Waals surface area contributed by atoms with E-state index >= 15 is 0 Å². The molecule has 0 saturated carbocycles. The molecule has 1 aliphatic heterocycles. The van der Waals surface area contributed by atoms with Gasteiger partial charge >= 0.3 is 0 Å². The number of rotatable bonds is 6. The van der Waals surface area contributed by atoms with Crippen LogP contribution in [0.3, 0.4) is 0 Å². The fourth-order valence-electron chi connectivity index (χ4n) is 10.4. The maximum atomic E-state index is 11.9. The van der Waals surface area contributed by atoms with Gasteiger partial charge in [0.25, 0.3) is 0 Å². The number of anilines is 2. The SMILES string of the molecule is CC(C)C1=CC2c3cc(C(C)C)ccc3N(c3c(-n4c5ccccc5c5ccccc54)c(C#N)c(-c4ccc(C#N)cc4)c(C#N)c3-n3c4ccccc4c4ccccc43)C2C=C1. The maximum absolute atomic E-state index is 11.9. The number of nitrogens with zero attached hydrogens (tertiary/aromatic N) is 6. The first-order chi connectivity index (χ1) is 30.8. The van der Waals surface area contributed by atoms with Crippen molar-refractivity contribution in [2.24, 2.45) is 5.92 Å². The number of nitriles is 3. The van der Waals surface area contributed by atoms with Gasteiger partial charge in [0.2, 0.25) is 0 Å². The van der Waals surface area contributed by atoms with Gasteiger partial charge in [-0.15, -0.1) is 0 Å². The molecule has 0 spiro atoms. The van der Waals surface area contributed by atoms with Crippen LogP contribution < -0.4 is 4.90 Å². The Kier molecular flexibility index (Phi) is 8.73. The molecule has 2 aromatic heterocycles. The minimum absolute atomic E-state index is 0.00683. The Morgan fingerprint density at radius 1 is 0.524 bits per heavy atom. The second-order valence-corrected chi connectivity index (χ2v) is 17.4. The van der Waals surface area contributed by atoms with E-state index in [2.05, 4.69) is 193 Å². The zero-order chi connectivity index (χ0) is 43.1. The van der Waals surface area contributed by atoms with Crippen molar-refractivity contribution >= 4 is 55.0 Å². The van der Waals surface area contributed by atoms with Crippen LogP contribution >= 0.6 is 0 Å². The first-order valence-electron chi connectivity index (χ1n) is 21.7. The van der Waals surface area contributed by atoms with Gasteiger partial charge < -0.3 is 14.0 Å². The highest BCUT2D eigenvalue weighted by molar-refractivity contribution is 6.13. The molecule has 0 amide bonds. The monoisotopic (exact) mass is 810 g/mol. The molecule has 0 fully saturated rings. The van der Waals surface area contributed by atoms with E-state index < -0.39 is 0 Å². The smallest absolute Gasteiger partial charge is 0.102 e. The number of allylic oxidation sites excluding steroid dienone is 2. The Morgan fingerprint density at radius 3 is 1.46 bits per heavy atom. The molecular formula is C57H42N6. The van der Waals surface area contributed by atoms with Crippen molar-refractivity contribution in [1.29, 1.82) is 15.8 Å². The summed E-state index contributed by atoms with van der Waals surface area (Å²) < 4.78 is 4.53. The van der Waals surface area contributed by atoms with E-state index in [1.54, 1.807) is 12.1 Å². The van der Waals surface area contributed by atoms with Gasteiger partial charge in [0.05, 0.1) is 67.9 Å². The number of hydrogen-bond donors (Lipinski definition) is 0. The largest absolute Gasteiger partial charge is 0.330 e. The molecule has 9 aromatic rings. The van der Waals surface area contributed by atoms with E-state index in [9.17, 15) is 15.8 Å². The van der Waals surface area contributed by atoms with Crippen LogP contribution in [0.4, 0.5) is 11.4 Å². The standard InChI is InChI=1S/C57H42N6/c1-34(2)38-25-27-52-44(29-38)45-30-39(35(3)4)26-28-53(45)63(52)57-55(61-48-17-9-5-13-40(48)41-14-6-10-18-49(41)61)46(32-59)54(37-23-21-36(31-58)22-24-37)47(33-60)56(57)62-50-19-11-7-15-42(50)43-16-8-12-20-51(43)62/h5-30,34-35,44,52H,1-4H3. The minimum Gasteiger partial charge on any atom is -0.330 e. The summed E-state index contributed by atoms with van der Waals surface area (Å²) in [6.07, 6.45) is 7.06. The van der Waals surface area contributed by atoms with E-state index in [-0.39, 0.29) is 12.0 Å². The van der Waals surface area contributed by atoms with Crippen molar-refractivity contribution < 1.29 is 0 Å². The highest BCUT2D eigenvalue weighted by Gasteiger charge is 2.43. The molecule has 1 aliphatic carbocycles. The lowest BCUT2D eigenvalue weighted by Crippen LogP contribution is -2.32. The molecule has 0 saturated heterocycles. The van der Waals surface area contributed by atoms with Crippen molar-refractivity contribution in [2.45, 2.75) is 45.6 Å². The number of benzene rings is 7. The van der Waals surface area contributed by atoms with Crippen molar-refractivity contribution in [2.75, 3.05) is 4.90 Å². The zero-order valence-electron chi connectivity index (χ0n) is 35.5. The minimum atomic E-state index is -0.178. The van der Waals surface area contributed by atoms with E-state index in [1.165, 1.54) is 16.7 Å². The summed E-state index contributed by atoms with van der Waals surface area (Å²) in [7, 11) is 0. The van der Waals surface area contributed by atoms with Gasteiger partial charge in [-0.25, -0.2) is 0 Å². The summed E-state index contributed by atoms with van der Waals surface area (Å²) in [5.74, 6) is 0.655. The van der Waals surface area contributed by atoms with Gasteiger partial charge in [0.15, 0.2) is 0 Å². The lowest BCUT2D eigenvalue weighted by atomic mass is 9.84. The third-order valence-electron chi connectivity index (χ3n) is 13.3.